The van der Waals surface area contributed by atoms with E-state index in [1.165, 1.54) is 5.56 Å². The number of hydrogen-bond acceptors (Lipinski definition) is 4. The maximum Gasteiger partial charge on any atom is 0.488 e. The zero-order valence-electron chi connectivity index (χ0n) is 12.5. The summed E-state index contributed by atoms with van der Waals surface area (Å²) >= 11 is 0. The summed E-state index contributed by atoms with van der Waals surface area (Å²) in [5.74, 6) is -0.532. The Morgan fingerprint density at radius 1 is 0.864 bits per heavy atom. The van der Waals surface area contributed by atoms with Crippen molar-refractivity contribution >= 4 is 12.6 Å². The molecule has 2 aromatic carbocycles. The summed E-state index contributed by atoms with van der Waals surface area (Å²) in [5.41, 5.74) is 1.10. The molecule has 2 rings (SSSR count). The number of aryl methyl sites for hydroxylation is 1. The van der Waals surface area contributed by atoms with Gasteiger partial charge in [0, 0.05) is 0 Å². The Hall–Kier alpha value is -2.12. The molecule has 7 heteroatoms. The normalized spacial score (nSPS) is 9.59. The molecule has 0 unspecified atom stereocenters. The summed E-state index contributed by atoms with van der Waals surface area (Å²) in [6, 6.07) is 8.50. The average Bonchev–Trinajstić information content (AvgIpc) is 2.50. The molecule has 0 amide bonds. The summed E-state index contributed by atoms with van der Waals surface area (Å²) in [7, 11) is 1.51. The zero-order chi connectivity index (χ0) is 16.7. The first-order valence-electron chi connectivity index (χ1n) is 6.38. The van der Waals surface area contributed by atoms with Gasteiger partial charge < -0.3 is 19.5 Å². The Morgan fingerprint density at radius 3 is 2.00 bits per heavy atom. The van der Waals surface area contributed by atoms with E-state index in [0.717, 1.165) is 29.7 Å². The second-order valence-corrected chi connectivity index (χ2v) is 4.41. The standard InChI is InChI=1S/C9H12O2.C6H5BF2O2/c1-7-4-5-8(10-2)9(6-7)11-3;8-5-2-1-4(7(10)11)3-6(5)9/h4-6H,1-3H3;1-3,10-11H. The first-order chi connectivity index (χ1) is 10.4. The third-order valence-electron chi connectivity index (χ3n) is 2.78. The van der Waals surface area contributed by atoms with Crippen LogP contribution in [0.4, 0.5) is 8.78 Å². The Kier molecular flexibility index (Phi) is 6.81. The van der Waals surface area contributed by atoms with Crippen molar-refractivity contribution in [3.05, 3.63) is 53.6 Å². The van der Waals surface area contributed by atoms with Gasteiger partial charge in [-0.15, -0.1) is 0 Å². The third kappa shape index (κ3) is 5.02. The van der Waals surface area contributed by atoms with Gasteiger partial charge in [0.15, 0.2) is 23.1 Å². The fourth-order valence-electron chi connectivity index (χ4n) is 1.62. The summed E-state index contributed by atoms with van der Waals surface area (Å²) < 4.78 is 34.7. The fourth-order valence-corrected chi connectivity index (χ4v) is 1.62. The van der Waals surface area contributed by atoms with Gasteiger partial charge in [0.05, 0.1) is 14.2 Å². The minimum absolute atomic E-state index is 0.0658. The van der Waals surface area contributed by atoms with Crippen LogP contribution in [-0.2, 0) is 0 Å². The number of methoxy groups -OCH3 is 2. The molecule has 22 heavy (non-hydrogen) atoms. The van der Waals surface area contributed by atoms with E-state index in [9.17, 15) is 8.78 Å². The Morgan fingerprint density at radius 2 is 1.50 bits per heavy atom. The first kappa shape index (κ1) is 17.9. The van der Waals surface area contributed by atoms with Crippen LogP contribution in [0.1, 0.15) is 5.56 Å². The molecule has 0 spiro atoms. The highest BCUT2D eigenvalue weighted by molar-refractivity contribution is 6.58. The van der Waals surface area contributed by atoms with Crippen LogP contribution in [0.3, 0.4) is 0 Å². The number of ether oxygens (including phenoxy) is 2. The number of rotatable bonds is 3. The molecule has 0 radical (unpaired) electrons. The molecule has 0 heterocycles. The van der Waals surface area contributed by atoms with Crippen LogP contribution < -0.4 is 14.9 Å². The second-order valence-electron chi connectivity index (χ2n) is 4.41. The van der Waals surface area contributed by atoms with Crippen molar-refractivity contribution in [3.63, 3.8) is 0 Å². The van der Waals surface area contributed by atoms with Gasteiger partial charge in [-0.3, -0.25) is 0 Å². The molecule has 0 aliphatic heterocycles. The molecule has 0 aromatic heterocycles. The van der Waals surface area contributed by atoms with Crippen LogP contribution in [0.2, 0.25) is 0 Å². The Labute approximate surface area is 128 Å². The van der Waals surface area contributed by atoms with Gasteiger partial charge in [-0.05, 0) is 42.2 Å². The summed E-state index contributed by atoms with van der Waals surface area (Å²) in [6.07, 6.45) is 0. The van der Waals surface area contributed by atoms with Gasteiger partial charge in [0.25, 0.3) is 0 Å². The maximum atomic E-state index is 12.3. The minimum atomic E-state index is -1.76. The second kappa shape index (κ2) is 8.36. The van der Waals surface area contributed by atoms with Crippen LogP contribution in [0.5, 0.6) is 11.5 Å². The fraction of sp³-hybridized carbons (Fsp3) is 0.200. The van der Waals surface area contributed by atoms with Crippen LogP contribution in [0, 0.1) is 18.6 Å². The zero-order valence-corrected chi connectivity index (χ0v) is 12.5. The Balaban J connectivity index is 0.000000220. The minimum Gasteiger partial charge on any atom is -0.493 e. The molecule has 2 aromatic rings. The van der Waals surface area contributed by atoms with Crippen molar-refractivity contribution in [2.24, 2.45) is 0 Å². The predicted octanol–water partition coefficient (Wildman–Crippen LogP) is 1.66. The van der Waals surface area contributed by atoms with Crippen molar-refractivity contribution in [1.82, 2.24) is 0 Å². The molecule has 0 aliphatic carbocycles. The lowest BCUT2D eigenvalue weighted by Gasteiger charge is -2.06. The SMILES string of the molecule is COc1ccc(C)cc1OC.OB(O)c1ccc(F)c(F)c1. The van der Waals surface area contributed by atoms with Crippen LogP contribution in [0.25, 0.3) is 0 Å². The van der Waals surface area contributed by atoms with E-state index in [4.69, 9.17) is 19.5 Å². The highest BCUT2D eigenvalue weighted by Crippen LogP contribution is 2.26. The number of benzene rings is 2. The lowest BCUT2D eigenvalue weighted by molar-refractivity contribution is 0.354. The summed E-state index contributed by atoms with van der Waals surface area (Å²) in [4.78, 5) is 0. The molecular weight excluding hydrogens is 293 g/mol. The largest absolute Gasteiger partial charge is 0.493 e. The van der Waals surface area contributed by atoms with Crippen LogP contribution >= 0.6 is 0 Å². The van der Waals surface area contributed by atoms with Crippen molar-refractivity contribution < 1.29 is 28.3 Å². The average molecular weight is 310 g/mol. The number of halogens is 2. The molecule has 0 fully saturated rings. The molecule has 4 nitrogen and oxygen atoms in total. The van der Waals surface area contributed by atoms with Gasteiger partial charge >= 0.3 is 7.12 Å². The van der Waals surface area contributed by atoms with E-state index in [1.54, 1.807) is 14.2 Å². The lowest BCUT2D eigenvalue weighted by atomic mass is 9.80. The van der Waals surface area contributed by atoms with E-state index in [2.05, 4.69) is 0 Å². The van der Waals surface area contributed by atoms with Crippen molar-refractivity contribution in [2.75, 3.05) is 14.2 Å². The molecule has 2 N–H and O–H groups in total. The van der Waals surface area contributed by atoms with E-state index in [1.807, 2.05) is 25.1 Å². The number of hydrogen-bond donors (Lipinski definition) is 2. The van der Waals surface area contributed by atoms with Gasteiger partial charge in [0.1, 0.15) is 0 Å². The van der Waals surface area contributed by atoms with Crippen molar-refractivity contribution in [3.8, 4) is 11.5 Å². The molecular formula is C15H17BF2O4. The molecule has 0 saturated carbocycles. The predicted molar refractivity (Wildman–Crippen MR) is 80.5 cm³/mol. The quantitative estimate of drug-likeness (QED) is 0.847. The van der Waals surface area contributed by atoms with Gasteiger partial charge in [-0.2, -0.15) is 0 Å². The molecule has 0 aliphatic rings. The smallest absolute Gasteiger partial charge is 0.488 e. The van der Waals surface area contributed by atoms with Crippen molar-refractivity contribution in [2.45, 2.75) is 6.92 Å². The first-order valence-corrected chi connectivity index (χ1v) is 6.38. The Bertz CT molecular complexity index is 620. The van der Waals surface area contributed by atoms with E-state index >= 15 is 0 Å². The molecule has 0 bridgehead atoms. The van der Waals surface area contributed by atoms with Crippen LogP contribution in [-0.4, -0.2) is 31.4 Å². The maximum absolute atomic E-state index is 12.3. The van der Waals surface area contributed by atoms with E-state index in [-0.39, 0.29) is 5.46 Å². The highest BCUT2D eigenvalue weighted by atomic mass is 19.2. The third-order valence-corrected chi connectivity index (χ3v) is 2.78. The molecule has 118 valence electrons. The van der Waals surface area contributed by atoms with Crippen molar-refractivity contribution in [1.29, 1.82) is 0 Å². The topological polar surface area (TPSA) is 58.9 Å². The summed E-state index contributed by atoms with van der Waals surface area (Å²) in [5, 5.41) is 17.0. The van der Waals surface area contributed by atoms with Gasteiger partial charge in [-0.25, -0.2) is 8.78 Å². The van der Waals surface area contributed by atoms with Gasteiger partial charge in [0.2, 0.25) is 0 Å². The lowest BCUT2D eigenvalue weighted by Crippen LogP contribution is -2.30. The van der Waals surface area contributed by atoms with E-state index < -0.39 is 18.8 Å². The summed E-state index contributed by atoms with van der Waals surface area (Å²) in [6.45, 7) is 2.02. The molecule has 0 saturated heterocycles. The monoisotopic (exact) mass is 310 g/mol. The van der Waals surface area contributed by atoms with Crippen LogP contribution in [0.15, 0.2) is 36.4 Å². The highest BCUT2D eigenvalue weighted by Gasteiger charge is 2.12. The van der Waals surface area contributed by atoms with Gasteiger partial charge in [-0.1, -0.05) is 12.1 Å². The van der Waals surface area contributed by atoms with E-state index in [0.29, 0.717) is 0 Å². The molecule has 0 atom stereocenters.